The topological polar surface area (TPSA) is 81.1 Å². The monoisotopic (exact) mass is 419 g/mol. The van der Waals surface area contributed by atoms with Crippen LogP contribution < -0.4 is 15.4 Å². The lowest BCUT2D eigenvalue weighted by Crippen LogP contribution is -2.11. The number of hydrogen-bond donors (Lipinski definition) is 2. The molecule has 30 heavy (non-hydrogen) atoms. The summed E-state index contributed by atoms with van der Waals surface area (Å²) >= 11 is 1.60. The van der Waals surface area contributed by atoms with Gasteiger partial charge >= 0.3 is 0 Å². The van der Waals surface area contributed by atoms with Gasteiger partial charge < -0.3 is 15.4 Å². The van der Waals surface area contributed by atoms with Crippen LogP contribution in [0.5, 0.6) is 5.75 Å². The van der Waals surface area contributed by atoms with Crippen molar-refractivity contribution in [2.75, 3.05) is 17.7 Å². The van der Waals surface area contributed by atoms with E-state index in [1.807, 2.05) is 37.0 Å². The van der Waals surface area contributed by atoms with E-state index in [2.05, 4.69) is 20.7 Å². The smallest absolute Gasteiger partial charge is 0.255 e. The third-order valence-corrected chi connectivity index (χ3v) is 5.41. The number of nitrogens with one attached hydrogen (secondary N) is 2. The molecular formula is C22H21N5O2S. The van der Waals surface area contributed by atoms with Crippen LogP contribution in [0.1, 0.15) is 16.1 Å². The van der Waals surface area contributed by atoms with Gasteiger partial charge in [-0.2, -0.15) is 5.10 Å². The standard InChI is InChI=1S/C22H21N5O2S/c1-27-13-16(11-24-27)22-26-19(14-30-22)12-23-17-5-3-15(4-6-17)21(28)25-18-7-9-20(29-2)10-8-18/h3-11,13-14,23H,12H2,1-2H3,(H,25,28). The van der Waals surface area contributed by atoms with Crippen LogP contribution in [-0.2, 0) is 13.6 Å². The summed E-state index contributed by atoms with van der Waals surface area (Å²) in [5.41, 5.74) is 4.20. The molecule has 2 aromatic carbocycles. The quantitative estimate of drug-likeness (QED) is 0.464. The summed E-state index contributed by atoms with van der Waals surface area (Å²) < 4.78 is 6.89. The Balaban J connectivity index is 1.33. The highest BCUT2D eigenvalue weighted by molar-refractivity contribution is 7.13. The lowest BCUT2D eigenvalue weighted by molar-refractivity contribution is 0.102. The number of amides is 1. The number of nitrogens with zero attached hydrogens (tertiary/aromatic N) is 3. The van der Waals surface area contributed by atoms with Crippen LogP contribution in [0.3, 0.4) is 0 Å². The van der Waals surface area contributed by atoms with Gasteiger partial charge in [-0.15, -0.1) is 11.3 Å². The van der Waals surface area contributed by atoms with Crippen molar-refractivity contribution in [2.24, 2.45) is 7.05 Å². The molecular weight excluding hydrogens is 398 g/mol. The Labute approximate surface area is 178 Å². The number of benzene rings is 2. The molecule has 0 bridgehead atoms. The number of carbonyl (C=O) groups excluding carboxylic acids is 1. The predicted octanol–water partition coefficient (Wildman–Crippen LogP) is 4.42. The van der Waals surface area contributed by atoms with Gasteiger partial charge in [-0.05, 0) is 48.5 Å². The van der Waals surface area contributed by atoms with Gasteiger partial charge in [-0.3, -0.25) is 9.48 Å². The Hall–Kier alpha value is -3.65. The summed E-state index contributed by atoms with van der Waals surface area (Å²) in [5, 5.41) is 13.4. The maximum Gasteiger partial charge on any atom is 0.255 e. The van der Waals surface area contributed by atoms with Gasteiger partial charge in [0.25, 0.3) is 5.91 Å². The average Bonchev–Trinajstić information content (AvgIpc) is 3.42. The Morgan fingerprint density at radius 3 is 2.50 bits per heavy atom. The zero-order chi connectivity index (χ0) is 20.9. The van der Waals surface area contributed by atoms with Crippen molar-refractivity contribution in [3.05, 3.63) is 77.6 Å². The van der Waals surface area contributed by atoms with E-state index in [1.165, 1.54) is 0 Å². The molecule has 0 radical (unpaired) electrons. The van der Waals surface area contributed by atoms with Crippen LogP contribution in [0.25, 0.3) is 10.6 Å². The van der Waals surface area contributed by atoms with Gasteiger partial charge in [0, 0.05) is 41.1 Å². The number of thiazole rings is 1. The van der Waals surface area contributed by atoms with Crippen molar-refractivity contribution in [3.8, 4) is 16.3 Å². The van der Waals surface area contributed by atoms with Gasteiger partial charge in [-0.25, -0.2) is 4.98 Å². The molecule has 0 atom stereocenters. The van der Waals surface area contributed by atoms with Crippen molar-refractivity contribution in [1.29, 1.82) is 0 Å². The maximum atomic E-state index is 12.4. The number of ether oxygens (including phenoxy) is 1. The summed E-state index contributed by atoms with van der Waals surface area (Å²) in [6.45, 7) is 0.605. The Morgan fingerprint density at radius 1 is 1.10 bits per heavy atom. The van der Waals surface area contributed by atoms with Crippen LogP contribution in [0.4, 0.5) is 11.4 Å². The second-order valence-electron chi connectivity index (χ2n) is 6.66. The highest BCUT2D eigenvalue weighted by Crippen LogP contribution is 2.23. The molecule has 152 valence electrons. The second kappa shape index (κ2) is 8.79. The average molecular weight is 420 g/mol. The molecule has 7 nitrogen and oxygen atoms in total. The molecule has 2 N–H and O–H groups in total. The maximum absolute atomic E-state index is 12.4. The summed E-state index contributed by atoms with van der Waals surface area (Å²) in [6, 6.07) is 14.6. The molecule has 1 amide bonds. The molecule has 2 aromatic heterocycles. The number of rotatable bonds is 7. The zero-order valence-corrected chi connectivity index (χ0v) is 17.4. The van der Waals surface area contributed by atoms with Crippen LogP contribution in [0.2, 0.25) is 0 Å². The zero-order valence-electron chi connectivity index (χ0n) is 16.6. The summed E-state index contributed by atoms with van der Waals surface area (Å²) in [4.78, 5) is 17.1. The van der Waals surface area contributed by atoms with Gasteiger partial charge in [0.1, 0.15) is 10.8 Å². The van der Waals surface area contributed by atoms with Gasteiger partial charge in [-0.1, -0.05) is 0 Å². The summed E-state index contributed by atoms with van der Waals surface area (Å²) in [5.74, 6) is 0.587. The minimum absolute atomic E-state index is 0.160. The molecule has 0 aliphatic rings. The second-order valence-corrected chi connectivity index (χ2v) is 7.52. The van der Waals surface area contributed by atoms with Crippen molar-refractivity contribution in [1.82, 2.24) is 14.8 Å². The lowest BCUT2D eigenvalue weighted by Gasteiger charge is -2.08. The molecule has 0 spiro atoms. The molecule has 0 aliphatic carbocycles. The van der Waals surface area contributed by atoms with Gasteiger partial charge in [0.2, 0.25) is 0 Å². The normalized spacial score (nSPS) is 10.6. The number of hydrogen-bond acceptors (Lipinski definition) is 6. The minimum atomic E-state index is -0.160. The van der Waals surface area contributed by atoms with E-state index in [4.69, 9.17) is 4.74 Å². The molecule has 0 saturated carbocycles. The molecule has 0 saturated heterocycles. The summed E-state index contributed by atoms with van der Waals surface area (Å²) in [6.07, 6.45) is 3.76. The highest BCUT2D eigenvalue weighted by Gasteiger charge is 2.08. The van der Waals surface area contributed by atoms with Gasteiger partial charge in [0.05, 0.1) is 25.5 Å². The van der Waals surface area contributed by atoms with E-state index < -0.39 is 0 Å². The number of carbonyl (C=O) groups is 1. The van der Waals surface area contributed by atoms with Crippen LogP contribution in [-0.4, -0.2) is 27.8 Å². The van der Waals surface area contributed by atoms with Crippen molar-refractivity contribution in [2.45, 2.75) is 6.54 Å². The first-order valence-electron chi connectivity index (χ1n) is 9.33. The lowest BCUT2D eigenvalue weighted by atomic mass is 10.2. The van der Waals surface area contributed by atoms with E-state index in [9.17, 15) is 4.79 Å². The van der Waals surface area contributed by atoms with Gasteiger partial charge in [0.15, 0.2) is 0 Å². The Bertz CT molecular complexity index is 1130. The first-order valence-corrected chi connectivity index (χ1v) is 10.2. The molecule has 2 heterocycles. The van der Waals surface area contributed by atoms with Crippen molar-refractivity contribution in [3.63, 3.8) is 0 Å². The fraction of sp³-hybridized carbons (Fsp3) is 0.136. The number of aryl methyl sites for hydroxylation is 1. The Morgan fingerprint density at radius 2 is 1.83 bits per heavy atom. The first-order chi connectivity index (χ1) is 14.6. The largest absolute Gasteiger partial charge is 0.497 e. The predicted molar refractivity (Wildman–Crippen MR) is 119 cm³/mol. The fourth-order valence-electron chi connectivity index (χ4n) is 2.86. The van der Waals surface area contributed by atoms with Crippen molar-refractivity contribution >= 4 is 28.6 Å². The van der Waals surface area contributed by atoms with E-state index >= 15 is 0 Å². The molecule has 0 aliphatic heterocycles. The molecule has 0 unspecified atom stereocenters. The molecule has 4 rings (SSSR count). The fourth-order valence-corrected chi connectivity index (χ4v) is 3.66. The van der Waals surface area contributed by atoms with E-state index in [0.717, 1.165) is 33.4 Å². The Kier molecular flexibility index (Phi) is 5.76. The minimum Gasteiger partial charge on any atom is -0.497 e. The first kappa shape index (κ1) is 19.7. The van der Waals surface area contributed by atoms with Crippen LogP contribution in [0, 0.1) is 0 Å². The SMILES string of the molecule is COc1ccc(NC(=O)c2ccc(NCc3csc(-c4cnn(C)c4)n3)cc2)cc1. The van der Waals surface area contributed by atoms with E-state index in [-0.39, 0.29) is 5.91 Å². The number of methoxy groups -OCH3 is 1. The van der Waals surface area contributed by atoms with Crippen LogP contribution in [0.15, 0.2) is 66.3 Å². The van der Waals surface area contributed by atoms with Crippen molar-refractivity contribution < 1.29 is 9.53 Å². The third kappa shape index (κ3) is 4.66. The van der Waals surface area contributed by atoms with E-state index in [0.29, 0.717) is 12.1 Å². The number of anilines is 2. The molecule has 4 aromatic rings. The van der Waals surface area contributed by atoms with Crippen LogP contribution >= 0.6 is 11.3 Å². The summed E-state index contributed by atoms with van der Waals surface area (Å²) in [7, 11) is 3.50. The molecule has 8 heteroatoms. The number of aromatic nitrogens is 3. The molecule has 0 fully saturated rings. The highest BCUT2D eigenvalue weighted by atomic mass is 32.1. The van der Waals surface area contributed by atoms with E-state index in [1.54, 1.807) is 59.5 Å². The third-order valence-electron chi connectivity index (χ3n) is 4.47.